The largest absolute Gasteiger partial charge is 0.460 e. The Hall–Kier alpha value is -2.10. The highest BCUT2D eigenvalue weighted by atomic mass is 16.6. The second kappa shape index (κ2) is 16.5. The minimum Gasteiger partial charge on any atom is -0.460 e. The summed E-state index contributed by atoms with van der Waals surface area (Å²) in [5, 5.41) is 0. The summed E-state index contributed by atoms with van der Waals surface area (Å²) in [7, 11) is 0. The van der Waals surface area contributed by atoms with Gasteiger partial charge in [0.25, 0.3) is 0 Å². The van der Waals surface area contributed by atoms with Gasteiger partial charge >= 0.3 is 11.9 Å². The van der Waals surface area contributed by atoms with Crippen LogP contribution in [0.15, 0.2) is 36.4 Å². The molecule has 4 heteroatoms. The fourth-order valence-electron chi connectivity index (χ4n) is 3.39. The van der Waals surface area contributed by atoms with Crippen LogP contribution in [0.4, 0.5) is 0 Å². The fourth-order valence-corrected chi connectivity index (χ4v) is 3.39. The number of rotatable bonds is 16. The van der Waals surface area contributed by atoms with Crippen LogP contribution < -0.4 is 4.74 Å². The maximum absolute atomic E-state index is 12.0. The third-order valence-corrected chi connectivity index (χ3v) is 5.07. The number of benzene rings is 1. The van der Waals surface area contributed by atoms with Crippen molar-refractivity contribution in [1.29, 1.82) is 0 Å². The number of hydrogen-bond donors (Lipinski definition) is 0. The van der Waals surface area contributed by atoms with Crippen molar-refractivity contribution < 1.29 is 19.1 Å². The molecule has 1 aromatic rings. The molecule has 0 saturated heterocycles. The molecule has 0 saturated carbocycles. The Bertz CT molecular complexity index is 668. The molecule has 32 heavy (non-hydrogen) atoms. The second-order valence-electron chi connectivity index (χ2n) is 9.51. The van der Waals surface area contributed by atoms with Crippen molar-refractivity contribution in [3.05, 3.63) is 42.0 Å². The molecule has 0 aromatic heterocycles. The predicted molar refractivity (Wildman–Crippen MR) is 132 cm³/mol. The normalized spacial score (nSPS) is 11.6. The molecule has 0 N–H and O–H groups in total. The Kier molecular flexibility index (Phi) is 14.4. The van der Waals surface area contributed by atoms with E-state index in [2.05, 4.69) is 19.1 Å². The van der Waals surface area contributed by atoms with Crippen LogP contribution in [0.1, 0.15) is 110 Å². The Morgan fingerprint density at radius 1 is 0.781 bits per heavy atom. The molecule has 1 rings (SSSR count). The first-order valence-corrected chi connectivity index (χ1v) is 12.5. The lowest BCUT2D eigenvalue weighted by atomic mass is 10.1. The van der Waals surface area contributed by atoms with Gasteiger partial charge in [0.15, 0.2) is 0 Å². The molecule has 0 bridgehead atoms. The number of hydrogen-bond acceptors (Lipinski definition) is 4. The van der Waals surface area contributed by atoms with Crippen LogP contribution in [0.5, 0.6) is 5.75 Å². The zero-order valence-corrected chi connectivity index (χ0v) is 20.8. The average molecular weight is 445 g/mol. The van der Waals surface area contributed by atoms with Gasteiger partial charge in [0.2, 0.25) is 0 Å². The predicted octanol–water partition coefficient (Wildman–Crippen LogP) is 7.73. The Balaban J connectivity index is 2.08. The van der Waals surface area contributed by atoms with Crippen molar-refractivity contribution in [1.82, 2.24) is 0 Å². The van der Waals surface area contributed by atoms with Gasteiger partial charge < -0.3 is 9.47 Å². The van der Waals surface area contributed by atoms with Gasteiger partial charge in [-0.3, -0.25) is 9.59 Å². The van der Waals surface area contributed by atoms with Crippen molar-refractivity contribution in [2.45, 2.75) is 117 Å². The molecule has 0 aliphatic carbocycles. The van der Waals surface area contributed by atoms with Crippen molar-refractivity contribution in [2.75, 3.05) is 0 Å². The third-order valence-electron chi connectivity index (χ3n) is 5.07. The summed E-state index contributed by atoms with van der Waals surface area (Å²) < 4.78 is 10.7. The van der Waals surface area contributed by atoms with Crippen LogP contribution in [0, 0.1) is 0 Å². The molecule has 0 atom stereocenters. The molecule has 180 valence electrons. The van der Waals surface area contributed by atoms with Crippen LogP contribution in [-0.2, 0) is 20.7 Å². The summed E-state index contributed by atoms with van der Waals surface area (Å²) in [6, 6.07) is 7.06. The van der Waals surface area contributed by atoms with E-state index in [1.807, 2.05) is 20.8 Å². The van der Waals surface area contributed by atoms with Gasteiger partial charge in [0.1, 0.15) is 11.4 Å². The maximum Gasteiger partial charge on any atom is 0.311 e. The summed E-state index contributed by atoms with van der Waals surface area (Å²) >= 11 is 0. The summed E-state index contributed by atoms with van der Waals surface area (Å²) in [6.45, 7) is 7.79. The van der Waals surface area contributed by atoms with Gasteiger partial charge in [-0.15, -0.1) is 0 Å². The molecule has 4 nitrogen and oxygen atoms in total. The first-order valence-electron chi connectivity index (χ1n) is 12.5. The summed E-state index contributed by atoms with van der Waals surface area (Å²) in [5.74, 6) is 0.0565. The SMILES string of the molecule is CCCCCC/C=C\CCCCCCCC(=O)Oc1ccc(CC(=O)OC(C)(C)C)cc1. The number of esters is 2. The van der Waals surface area contributed by atoms with Gasteiger partial charge in [0.05, 0.1) is 6.42 Å². The summed E-state index contributed by atoms with van der Waals surface area (Å²) in [5.41, 5.74) is 0.349. The molecule has 0 aliphatic rings. The Morgan fingerprint density at radius 2 is 1.34 bits per heavy atom. The average Bonchev–Trinajstić information content (AvgIpc) is 2.71. The van der Waals surface area contributed by atoms with Crippen LogP contribution in [0.3, 0.4) is 0 Å². The highest BCUT2D eigenvalue weighted by Crippen LogP contribution is 2.16. The molecule has 0 unspecified atom stereocenters. The van der Waals surface area contributed by atoms with E-state index in [9.17, 15) is 9.59 Å². The zero-order chi connectivity index (χ0) is 23.7. The molecule has 0 radical (unpaired) electrons. The molecule has 1 aromatic carbocycles. The molecule has 0 amide bonds. The number of carbonyl (C=O) groups is 2. The second-order valence-corrected chi connectivity index (χ2v) is 9.51. The maximum atomic E-state index is 12.0. The number of ether oxygens (including phenoxy) is 2. The van der Waals surface area contributed by atoms with Crippen molar-refractivity contribution in [3.63, 3.8) is 0 Å². The topological polar surface area (TPSA) is 52.6 Å². The molecule has 0 spiro atoms. The lowest BCUT2D eigenvalue weighted by molar-refractivity contribution is -0.154. The minimum atomic E-state index is -0.489. The van der Waals surface area contributed by atoms with Crippen LogP contribution in [-0.4, -0.2) is 17.5 Å². The van der Waals surface area contributed by atoms with E-state index in [4.69, 9.17) is 9.47 Å². The van der Waals surface area contributed by atoms with Gasteiger partial charge in [-0.25, -0.2) is 0 Å². The van der Waals surface area contributed by atoms with Crippen molar-refractivity contribution in [2.24, 2.45) is 0 Å². The molecule has 0 heterocycles. The fraction of sp³-hybridized carbons (Fsp3) is 0.643. The zero-order valence-electron chi connectivity index (χ0n) is 20.8. The van der Waals surface area contributed by atoms with Gasteiger partial charge in [-0.1, -0.05) is 69.7 Å². The van der Waals surface area contributed by atoms with Gasteiger partial charge in [-0.2, -0.15) is 0 Å². The smallest absolute Gasteiger partial charge is 0.311 e. The van der Waals surface area contributed by atoms with E-state index in [-0.39, 0.29) is 18.4 Å². The van der Waals surface area contributed by atoms with Gasteiger partial charge in [-0.05, 0) is 70.6 Å². The van der Waals surface area contributed by atoms with E-state index in [1.54, 1.807) is 24.3 Å². The monoisotopic (exact) mass is 444 g/mol. The molecular weight excluding hydrogens is 400 g/mol. The quantitative estimate of drug-likeness (QED) is 0.113. The highest BCUT2D eigenvalue weighted by molar-refractivity contribution is 5.74. The van der Waals surface area contributed by atoms with Crippen LogP contribution in [0.2, 0.25) is 0 Å². The molecule has 0 fully saturated rings. The standard InChI is InChI=1S/C28H44O4/c1-5-6-7-8-9-10-11-12-13-14-15-16-17-18-26(29)31-25-21-19-24(20-22-25)23-27(30)32-28(2,3)4/h10-11,19-22H,5-9,12-18,23H2,1-4H3/b11-10-. The van der Waals surface area contributed by atoms with Crippen molar-refractivity contribution >= 4 is 11.9 Å². The van der Waals surface area contributed by atoms with E-state index >= 15 is 0 Å². The minimum absolute atomic E-state index is 0.198. The first-order chi connectivity index (χ1) is 15.3. The number of allylic oxidation sites excluding steroid dienone is 2. The number of unbranched alkanes of at least 4 members (excludes halogenated alkanes) is 9. The van der Waals surface area contributed by atoms with Crippen LogP contribution >= 0.6 is 0 Å². The van der Waals surface area contributed by atoms with E-state index in [0.717, 1.165) is 24.8 Å². The van der Waals surface area contributed by atoms with Gasteiger partial charge in [0, 0.05) is 6.42 Å². The number of carbonyl (C=O) groups excluding carboxylic acids is 2. The molecule has 0 aliphatic heterocycles. The van der Waals surface area contributed by atoms with E-state index in [0.29, 0.717) is 12.2 Å². The highest BCUT2D eigenvalue weighted by Gasteiger charge is 2.16. The Labute approximate surface area is 195 Å². The van der Waals surface area contributed by atoms with Crippen molar-refractivity contribution in [3.8, 4) is 5.75 Å². The molecular formula is C28H44O4. The summed E-state index contributed by atoms with van der Waals surface area (Å²) in [6.07, 6.45) is 18.5. The first kappa shape index (κ1) is 27.9. The lowest BCUT2D eigenvalue weighted by Gasteiger charge is -2.19. The van der Waals surface area contributed by atoms with Crippen LogP contribution in [0.25, 0.3) is 0 Å². The summed E-state index contributed by atoms with van der Waals surface area (Å²) in [4.78, 5) is 23.9. The third kappa shape index (κ3) is 15.7. The van der Waals surface area contributed by atoms with E-state index < -0.39 is 5.60 Å². The van der Waals surface area contributed by atoms with E-state index in [1.165, 1.54) is 51.4 Å². The lowest BCUT2D eigenvalue weighted by Crippen LogP contribution is -2.24. The Morgan fingerprint density at radius 3 is 1.94 bits per heavy atom.